The number of aromatic hydroxyl groups is 1. The standard InChI is InChI=1S/C10H5ClN2O2/c11-13-10-7(5-12)3-6-4-8(14)1-2-9(6)15-10/h1-4,14H/b13-10+. The van der Waals surface area contributed by atoms with Gasteiger partial charge in [0.25, 0.3) is 0 Å². The summed E-state index contributed by atoms with van der Waals surface area (Å²) in [6.45, 7) is 0. The lowest BCUT2D eigenvalue weighted by Gasteiger charge is -1.98. The Kier molecular flexibility index (Phi) is 2.32. The van der Waals surface area contributed by atoms with Crippen molar-refractivity contribution in [1.29, 1.82) is 5.26 Å². The van der Waals surface area contributed by atoms with Crippen LogP contribution in [0.1, 0.15) is 5.56 Å². The monoisotopic (exact) mass is 220 g/mol. The van der Waals surface area contributed by atoms with Gasteiger partial charge in [0.1, 0.15) is 23.0 Å². The molecular weight excluding hydrogens is 216 g/mol. The first kappa shape index (κ1) is 9.56. The molecule has 0 aliphatic carbocycles. The van der Waals surface area contributed by atoms with Gasteiger partial charge < -0.3 is 9.52 Å². The predicted octanol–water partition coefficient (Wildman–Crippen LogP) is 2.06. The third-order valence-electron chi connectivity index (χ3n) is 1.93. The summed E-state index contributed by atoms with van der Waals surface area (Å²) in [5.41, 5.74) is 0.798. The highest BCUT2D eigenvalue weighted by molar-refractivity contribution is 6.14. The van der Waals surface area contributed by atoms with Crippen molar-refractivity contribution in [2.75, 3.05) is 0 Å². The molecule has 0 amide bonds. The molecule has 0 saturated heterocycles. The van der Waals surface area contributed by atoms with Crippen molar-refractivity contribution in [3.8, 4) is 11.8 Å². The SMILES string of the molecule is N#Cc1cc2cc(O)ccc2o/c1=N/Cl. The third-order valence-corrected chi connectivity index (χ3v) is 2.08. The fraction of sp³-hybridized carbons (Fsp3) is 0. The molecule has 4 nitrogen and oxygen atoms in total. The molecule has 1 aromatic carbocycles. The smallest absolute Gasteiger partial charge is 0.249 e. The van der Waals surface area contributed by atoms with E-state index in [2.05, 4.69) is 4.51 Å². The Bertz CT molecular complexity index is 625. The van der Waals surface area contributed by atoms with Crippen molar-refractivity contribution in [3.05, 3.63) is 35.4 Å². The first-order chi connectivity index (χ1) is 7.24. The zero-order valence-electron chi connectivity index (χ0n) is 7.44. The maximum Gasteiger partial charge on any atom is 0.249 e. The van der Waals surface area contributed by atoms with Crippen molar-refractivity contribution < 1.29 is 9.52 Å². The van der Waals surface area contributed by atoms with E-state index in [1.165, 1.54) is 12.1 Å². The summed E-state index contributed by atoms with van der Waals surface area (Å²) < 4.78 is 8.59. The molecule has 74 valence electrons. The zero-order chi connectivity index (χ0) is 10.8. The quantitative estimate of drug-likeness (QED) is 0.739. The molecule has 0 saturated carbocycles. The number of hydrogen-bond acceptors (Lipinski definition) is 4. The van der Waals surface area contributed by atoms with Gasteiger partial charge in [-0.2, -0.15) is 5.26 Å². The predicted molar refractivity (Wildman–Crippen MR) is 54.0 cm³/mol. The molecule has 2 aromatic rings. The van der Waals surface area contributed by atoms with Gasteiger partial charge in [0, 0.05) is 17.2 Å². The first-order valence-electron chi connectivity index (χ1n) is 4.06. The van der Waals surface area contributed by atoms with Crippen LogP contribution in [0.15, 0.2) is 33.2 Å². The van der Waals surface area contributed by atoms with Gasteiger partial charge in [0.05, 0.1) is 0 Å². The summed E-state index contributed by atoms with van der Waals surface area (Å²) in [4.78, 5) is 0. The molecule has 0 aliphatic heterocycles. The molecule has 1 heterocycles. The van der Waals surface area contributed by atoms with E-state index in [-0.39, 0.29) is 16.9 Å². The number of hydrogen-bond donors (Lipinski definition) is 1. The van der Waals surface area contributed by atoms with E-state index >= 15 is 0 Å². The summed E-state index contributed by atoms with van der Waals surface area (Å²) in [6.07, 6.45) is 0. The van der Waals surface area contributed by atoms with Crippen LogP contribution in [-0.2, 0) is 0 Å². The van der Waals surface area contributed by atoms with Crippen molar-refractivity contribution >= 4 is 22.7 Å². The van der Waals surface area contributed by atoms with E-state index in [0.29, 0.717) is 11.0 Å². The highest BCUT2D eigenvalue weighted by Gasteiger charge is 2.03. The highest BCUT2D eigenvalue weighted by Crippen LogP contribution is 2.19. The second-order valence-corrected chi connectivity index (χ2v) is 3.05. The number of phenolic OH excluding ortho intramolecular Hbond substituents is 1. The largest absolute Gasteiger partial charge is 0.508 e. The van der Waals surface area contributed by atoms with Gasteiger partial charge >= 0.3 is 0 Å². The van der Waals surface area contributed by atoms with Crippen LogP contribution in [0.5, 0.6) is 5.75 Å². The molecule has 0 radical (unpaired) electrons. The molecule has 2 rings (SSSR count). The summed E-state index contributed by atoms with van der Waals surface area (Å²) >= 11 is 5.27. The molecule has 0 unspecified atom stereocenters. The van der Waals surface area contributed by atoms with Gasteiger partial charge in [-0.3, -0.25) is 0 Å². The van der Waals surface area contributed by atoms with E-state index in [1.807, 2.05) is 6.07 Å². The summed E-state index contributed by atoms with van der Waals surface area (Å²) in [5.74, 6) is 0.108. The lowest BCUT2D eigenvalue weighted by atomic mass is 10.2. The van der Waals surface area contributed by atoms with E-state index in [9.17, 15) is 5.11 Å². The van der Waals surface area contributed by atoms with Crippen LogP contribution in [0.25, 0.3) is 11.0 Å². The minimum atomic E-state index is 0.0670. The second kappa shape index (κ2) is 3.64. The van der Waals surface area contributed by atoms with Crippen LogP contribution in [0.3, 0.4) is 0 Å². The minimum Gasteiger partial charge on any atom is -0.508 e. The third kappa shape index (κ3) is 1.65. The summed E-state index contributed by atoms with van der Waals surface area (Å²) in [6, 6.07) is 8.02. The van der Waals surface area contributed by atoms with Crippen molar-refractivity contribution in [2.24, 2.45) is 4.51 Å². The molecule has 0 spiro atoms. The van der Waals surface area contributed by atoms with Crippen molar-refractivity contribution in [2.45, 2.75) is 0 Å². The van der Waals surface area contributed by atoms with E-state index in [0.717, 1.165) is 0 Å². The Hall–Kier alpha value is -1.99. The molecule has 1 N–H and O–H groups in total. The first-order valence-corrected chi connectivity index (χ1v) is 4.40. The second-order valence-electron chi connectivity index (χ2n) is 2.88. The number of nitrogens with zero attached hydrogens (tertiary/aromatic N) is 2. The number of nitriles is 1. The topological polar surface area (TPSA) is 69.5 Å². The van der Waals surface area contributed by atoms with Crippen LogP contribution < -0.4 is 5.55 Å². The maximum atomic E-state index is 9.25. The number of fused-ring (bicyclic) bond motifs is 1. The Labute approximate surface area is 89.8 Å². The van der Waals surface area contributed by atoms with Gasteiger partial charge in [0.15, 0.2) is 0 Å². The molecule has 0 bridgehead atoms. The van der Waals surface area contributed by atoms with Gasteiger partial charge in [-0.05, 0) is 24.3 Å². The average molecular weight is 221 g/mol. The average Bonchev–Trinajstić information content (AvgIpc) is 2.27. The summed E-state index contributed by atoms with van der Waals surface area (Å²) in [7, 11) is 0. The van der Waals surface area contributed by atoms with E-state index < -0.39 is 0 Å². The molecule has 0 atom stereocenters. The Morgan fingerprint density at radius 3 is 2.87 bits per heavy atom. The Morgan fingerprint density at radius 1 is 1.40 bits per heavy atom. The molecule has 1 aromatic heterocycles. The number of halogens is 1. The zero-order valence-corrected chi connectivity index (χ0v) is 8.19. The van der Waals surface area contributed by atoms with Crippen molar-refractivity contribution in [3.63, 3.8) is 0 Å². The highest BCUT2D eigenvalue weighted by atomic mass is 35.5. The molecule has 0 fully saturated rings. The van der Waals surface area contributed by atoms with Gasteiger partial charge in [-0.15, -0.1) is 4.51 Å². The fourth-order valence-electron chi connectivity index (χ4n) is 1.26. The van der Waals surface area contributed by atoms with Crippen molar-refractivity contribution in [1.82, 2.24) is 0 Å². The number of phenols is 1. The van der Waals surface area contributed by atoms with E-state index in [1.54, 1.807) is 12.1 Å². The maximum absolute atomic E-state index is 9.25. The molecule has 15 heavy (non-hydrogen) atoms. The van der Waals surface area contributed by atoms with E-state index in [4.69, 9.17) is 21.5 Å². The summed E-state index contributed by atoms with van der Waals surface area (Å²) in [5, 5.41) is 18.7. The molecule has 0 aliphatic rings. The Balaban J connectivity index is 2.89. The normalized spacial score (nSPS) is 11.6. The lowest BCUT2D eigenvalue weighted by molar-refractivity contribution is 0.475. The van der Waals surface area contributed by atoms with Gasteiger partial charge in [-0.1, -0.05) is 0 Å². The number of benzene rings is 1. The Morgan fingerprint density at radius 2 is 2.20 bits per heavy atom. The van der Waals surface area contributed by atoms with Crippen LogP contribution in [0.2, 0.25) is 0 Å². The fourth-order valence-corrected chi connectivity index (χ4v) is 1.39. The minimum absolute atomic E-state index is 0.0670. The van der Waals surface area contributed by atoms with Crippen LogP contribution in [0.4, 0.5) is 0 Å². The number of rotatable bonds is 0. The van der Waals surface area contributed by atoms with Crippen LogP contribution in [-0.4, -0.2) is 5.11 Å². The molecular formula is C10H5ClN2O2. The van der Waals surface area contributed by atoms with Crippen LogP contribution in [0, 0.1) is 11.3 Å². The van der Waals surface area contributed by atoms with Gasteiger partial charge in [-0.25, -0.2) is 0 Å². The molecule has 5 heteroatoms. The lowest BCUT2D eigenvalue weighted by Crippen LogP contribution is -2.04. The van der Waals surface area contributed by atoms with Crippen LogP contribution >= 0.6 is 11.8 Å². The van der Waals surface area contributed by atoms with Gasteiger partial charge in [0.2, 0.25) is 5.55 Å².